The van der Waals surface area contributed by atoms with Crippen molar-refractivity contribution in [3.8, 4) is 5.69 Å². The lowest BCUT2D eigenvalue weighted by molar-refractivity contribution is 0.880. The maximum absolute atomic E-state index is 6.17. The van der Waals surface area contributed by atoms with Gasteiger partial charge in [0.1, 0.15) is 0 Å². The lowest BCUT2D eigenvalue weighted by Gasteiger charge is -2.04. The van der Waals surface area contributed by atoms with E-state index < -0.39 is 0 Å². The highest BCUT2D eigenvalue weighted by Crippen LogP contribution is 2.31. The van der Waals surface area contributed by atoms with Crippen molar-refractivity contribution >= 4 is 29.1 Å². The minimum Gasteiger partial charge on any atom is -0.399 e. The van der Waals surface area contributed by atoms with E-state index in [0.717, 1.165) is 32.6 Å². The molecule has 0 atom stereocenters. The van der Waals surface area contributed by atoms with Crippen molar-refractivity contribution in [1.82, 2.24) is 9.78 Å². The summed E-state index contributed by atoms with van der Waals surface area (Å²) >= 11 is 7.82. The van der Waals surface area contributed by atoms with Gasteiger partial charge in [-0.15, -0.1) is 11.8 Å². The van der Waals surface area contributed by atoms with Crippen molar-refractivity contribution in [2.45, 2.75) is 10.6 Å². The van der Waals surface area contributed by atoms with E-state index in [0.29, 0.717) is 0 Å². The van der Waals surface area contributed by atoms with Crippen LogP contribution in [0.25, 0.3) is 5.69 Å². The monoisotopic (exact) mass is 315 g/mol. The van der Waals surface area contributed by atoms with Crippen molar-refractivity contribution in [3.05, 3.63) is 71.5 Å². The zero-order valence-corrected chi connectivity index (χ0v) is 12.8. The third-order valence-corrected chi connectivity index (χ3v) is 4.57. The lowest BCUT2D eigenvalue weighted by atomic mass is 10.3. The molecule has 0 fully saturated rings. The van der Waals surface area contributed by atoms with Gasteiger partial charge in [0.05, 0.1) is 16.9 Å². The summed E-state index contributed by atoms with van der Waals surface area (Å²) in [7, 11) is 0. The molecule has 3 aromatic rings. The molecule has 0 aliphatic heterocycles. The van der Waals surface area contributed by atoms with Gasteiger partial charge in [0.15, 0.2) is 0 Å². The fraction of sp³-hybridized carbons (Fsp3) is 0.0625. The van der Waals surface area contributed by atoms with Crippen LogP contribution in [0, 0.1) is 0 Å². The number of aromatic nitrogens is 2. The first-order valence-corrected chi connectivity index (χ1v) is 7.85. The Bertz CT molecular complexity index is 740. The molecule has 21 heavy (non-hydrogen) atoms. The predicted octanol–water partition coefficient (Wildman–Crippen LogP) is 4.40. The van der Waals surface area contributed by atoms with Gasteiger partial charge in [0.2, 0.25) is 0 Å². The van der Waals surface area contributed by atoms with E-state index in [9.17, 15) is 0 Å². The first kappa shape index (κ1) is 14.0. The average Bonchev–Trinajstić information content (AvgIpc) is 2.98. The largest absolute Gasteiger partial charge is 0.399 e. The van der Waals surface area contributed by atoms with Gasteiger partial charge in [-0.1, -0.05) is 29.8 Å². The van der Waals surface area contributed by atoms with Gasteiger partial charge in [-0.3, -0.25) is 0 Å². The topological polar surface area (TPSA) is 43.8 Å². The SMILES string of the molecule is Nc1ccc(Cl)c(SCc2cnn(-c3ccccc3)c2)c1. The van der Waals surface area contributed by atoms with Crippen LogP contribution in [0.2, 0.25) is 5.02 Å². The van der Waals surface area contributed by atoms with Crippen LogP contribution in [0.5, 0.6) is 0 Å². The van der Waals surface area contributed by atoms with E-state index in [1.807, 2.05) is 59.5 Å². The highest BCUT2D eigenvalue weighted by atomic mass is 35.5. The molecule has 1 heterocycles. The van der Waals surface area contributed by atoms with Gasteiger partial charge in [-0.05, 0) is 30.3 Å². The molecule has 0 radical (unpaired) electrons. The van der Waals surface area contributed by atoms with Crippen LogP contribution >= 0.6 is 23.4 Å². The molecule has 1 aromatic heterocycles. The van der Waals surface area contributed by atoms with Gasteiger partial charge in [0, 0.05) is 28.1 Å². The molecule has 106 valence electrons. The molecule has 0 spiro atoms. The number of rotatable bonds is 4. The van der Waals surface area contributed by atoms with Crippen LogP contribution in [-0.4, -0.2) is 9.78 Å². The number of para-hydroxylation sites is 1. The van der Waals surface area contributed by atoms with Crippen LogP contribution in [0.3, 0.4) is 0 Å². The zero-order valence-electron chi connectivity index (χ0n) is 11.2. The van der Waals surface area contributed by atoms with Crippen LogP contribution in [0.15, 0.2) is 65.8 Å². The standard InChI is InChI=1S/C16H14ClN3S/c17-15-7-6-13(18)8-16(15)21-11-12-9-19-20(10-12)14-4-2-1-3-5-14/h1-10H,11,18H2. The predicted molar refractivity (Wildman–Crippen MR) is 89.0 cm³/mol. The average molecular weight is 316 g/mol. The molecule has 3 rings (SSSR count). The highest BCUT2D eigenvalue weighted by molar-refractivity contribution is 7.98. The van der Waals surface area contributed by atoms with Crippen LogP contribution in [0.1, 0.15) is 5.56 Å². The minimum absolute atomic E-state index is 0.724. The normalized spacial score (nSPS) is 10.7. The molecule has 0 unspecified atom stereocenters. The second kappa shape index (κ2) is 6.24. The molecule has 0 saturated heterocycles. The number of thioether (sulfide) groups is 1. The molecule has 0 aliphatic carbocycles. The number of anilines is 1. The Balaban J connectivity index is 1.72. The summed E-state index contributed by atoms with van der Waals surface area (Å²) < 4.78 is 1.87. The van der Waals surface area contributed by atoms with E-state index in [4.69, 9.17) is 17.3 Å². The molecular weight excluding hydrogens is 302 g/mol. The first-order valence-electron chi connectivity index (χ1n) is 6.49. The fourth-order valence-corrected chi connectivity index (χ4v) is 3.13. The van der Waals surface area contributed by atoms with Crippen molar-refractivity contribution in [3.63, 3.8) is 0 Å². The number of hydrogen-bond acceptors (Lipinski definition) is 3. The Hall–Kier alpha value is -1.91. The Morgan fingerprint density at radius 1 is 1.14 bits per heavy atom. The van der Waals surface area contributed by atoms with Crippen LogP contribution in [0.4, 0.5) is 5.69 Å². The van der Waals surface area contributed by atoms with Crippen molar-refractivity contribution in [2.24, 2.45) is 0 Å². The van der Waals surface area contributed by atoms with Gasteiger partial charge in [0.25, 0.3) is 0 Å². The Labute approximate surface area is 132 Å². The number of benzene rings is 2. The molecule has 0 bridgehead atoms. The smallest absolute Gasteiger partial charge is 0.0645 e. The molecule has 5 heteroatoms. The maximum atomic E-state index is 6.17. The van der Waals surface area contributed by atoms with Crippen molar-refractivity contribution in [1.29, 1.82) is 0 Å². The Morgan fingerprint density at radius 2 is 1.95 bits per heavy atom. The lowest BCUT2D eigenvalue weighted by Crippen LogP contribution is -1.92. The minimum atomic E-state index is 0.724. The summed E-state index contributed by atoms with van der Waals surface area (Å²) in [5.41, 5.74) is 8.70. The molecule has 2 N–H and O–H groups in total. The second-order valence-electron chi connectivity index (χ2n) is 4.61. The second-order valence-corrected chi connectivity index (χ2v) is 6.03. The first-order chi connectivity index (χ1) is 10.2. The van der Waals surface area contributed by atoms with Gasteiger partial charge in [-0.25, -0.2) is 4.68 Å². The van der Waals surface area contributed by atoms with E-state index in [-0.39, 0.29) is 0 Å². The van der Waals surface area contributed by atoms with Crippen LogP contribution in [-0.2, 0) is 5.75 Å². The fourth-order valence-electron chi connectivity index (χ4n) is 1.95. The molecule has 2 aromatic carbocycles. The number of nitrogen functional groups attached to an aromatic ring is 1. The van der Waals surface area contributed by atoms with Crippen molar-refractivity contribution < 1.29 is 0 Å². The third-order valence-electron chi connectivity index (χ3n) is 3.01. The van der Waals surface area contributed by atoms with Gasteiger partial charge < -0.3 is 5.73 Å². The maximum Gasteiger partial charge on any atom is 0.0645 e. The summed E-state index contributed by atoms with van der Waals surface area (Å²) in [4.78, 5) is 0.990. The molecule has 3 nitrogen and oxygen atoms in total. The number of nitrogens with two attached hydrogens (primary N) is 1. The zero-order chi connectivity index (χ0) is 14.7. The quantitative estimate of drug-likeness (QED) is 0.573. The van der Waals surface area contributed by atoms with E-state index >= 15 is 0 Å². The summed E-state index contributed by atoms with van der Waals surface area (Å²) in [5.74, 6) is 0.802. The van der Waals surface area contributed by atoms with E-state index in [1.54, 1.807) is 17.8 Å². The molecular formula is C16H14ClN3S. The van der Waals surface area contributed by atoms with E-state index in [2.05, 4.69) is 5.10 Å². The summed E-state index contributed by atoms with van der Waals surface area (Å²) in [5, 5.41) is 5.11. The number of halogens is 1. The molecule has 0 aliphatic rings. The summed E-state index contributed by atoms with van der Waals surface area (Å²) in [6.45, 7) is 0. The third kappa shape index (κ3) is 3.40. The Morgan fingerprint density at radius 3 is 2.76 bits per heavy atom. The Kier molecular flexibility index (Phi) is 4.18. The molecule has 0 saturated carbocycles. The highest BCUT2D eigenvalue weighted by Gasteiger charge is 2.05. The van der Waals surface area contributed by atoms with Gasteiger partial charge >= 0.3 is 0 Å². The molecule has 0 amide bonds. The number of hydrogen-bond donors (Lipinski definition) is 1. The van der Waals surface area contributed by atoms with E-state index in [1.165, 1.54) is 0 Å². The summed E-state index contributed by atoms with van der Waals surface area (Å²) in [6, 6.07) is 15.6. The number of nitrogens with zero attached hydrogens (tertiary/aromatic N) is 2. The van der Waals surface area contributed by atoms with Gasteiger partial charge in [-0.2, -0.15) is 5.10 Å². The van der Waals surface area contributed by atoms with Crippen LogP contribution < -0.4 is 5.73 Å². The summed E-state index contributed by atoms with van der Waals surface area (Å²) in [6.07, 6.45) is 3.91. The van der Waals surface area contributed by atoms with Crippen molar-refractivity contribution in [2.75, 3.05) is 5.73 Å².